The molecule has 0 spiro atoms. The molecule has 2 amide bonds. The minimum Gasteiger partial charge on any atom is -0.466 e. The summed E-state index contributed by atoms with van der Waals surface area (Å²) in [7, 11) is 0. The van der Waals surface area contributed by atoms with E-state index in [4.69, 9.17) is 4.74 Å². The molecule has 1 N–H and O–H groups in total. The Morgan fingerprint density at radius 2 is 1.62 bits per heavy atom. The third kappa shape index (κ3) is 7.84. The number of rotatable bonds is 9. The number of ether oxygens (including phenoxy) is 1. The standard InChI is InChI=1S/C26H32N2O4/c29-24(15-16-25(30)32-19-9-12-21-10-4-3-5-11-21)27-23-14-8-13-22(20-23)26(31)28-17-6-1-2-7-18-28/h3-5,8,10-11,13-14,20H,1-2,6-7,9,12,15-19H2,(H,27,29). The van der Waals surface area contributed by atoms with Gasteiger partial charge in [0.05, 0.1) is 13.0 Å². The van der Waals surface area contributed by atoms with Gasteiger partial charge < -0.3 is 15.0 Å². The largest absolute Gasteiger partial charge is 0.466 e. The Labute approximate surface area is 189 Å². The molecule has 1 fully saturated rings. The van der Waals surface area contributed by atoms with Crippen LogP contribution in [0.25, 0.3) is 0 Å². The SMILES string of the molecule is O=C(CCC(=O)OCCCc1ccccc1)Nc1cccc(C(=O)N2CCCCCC2)c1. The van der Waals surface area contributed by atoms with Crippen LogP contribution in [0.3, 0.4) is 0 Å². The Kier molecular flexibility index (Phi) is 9.29. The number of hydrogen-bond acceptors (Lipinski definition) is 4. The van der Waals surface area contributed by atoms with Crippen LogP contribution in [-0.4, -0.2) is 42.4 Å². The van der Waals surface area contributed by atoms with E-state index in [0.717, 1.165) is 51.6 Å². The van der Waals surface area contributed by atoms with Crippen LogP contribution in [0.5, 0.6) is 0 Å². The van der Waals surface area contributed by atoms with Crippen molar-refractivity contribution in [2.45, 2.75) is 51.4 Å². The average molecular weight is 437 g/mol. The number of likely N-dealkylation sites (tertiary alicyclic amines) is 1. The van der Waals surface area contributed by atoms with Crippen LogP contribution in [-0.2, 0) is 20.7 Å². The van der Waals surface area contributed by atoms with E-state index >= 15 is 0 Å². The number of aryl methyl sites for hydroxylation is 1. The van der Waals surface area contributed by atoms with Crippen molar-refractivity contribution in [1.29, 1.82) is 0 Å². The first kappa shape index (κ1) is 23.5. The van der Waals surface area contributed by atoms with Gasteiger partial charge in [0.15, 0.2) is 0 Å². The summed E-state index contributed by atoms with van der Waals surface area (Å²) in [6.07, 6.45) is 6.06. The molecule has 1 heterocycles. The molecule has 0 aromatic heterocycles. The molecule has 6 nitrogen and oxygen atoms in total. The first-order valence-electron chi connectivity index (χ1n) is 11.5. The monoisotopic (exact) mass is 436 g/mol. The number of nitrogens with one attached hydrogen (secondary N) is 1. The molecule has 0 bridgehead atoms. The fraction of sp³-hybridized carbons (Fsp3) is 0.423. The van der Waals surface area contributed by atoms with Crippen molar-refractivity contribution in [2.75, 3.05) is 25.0 Å². The molecule has 6 heteroatoms. The van der Waals surface area contributed by atoms with Crippen molar-refractivity contribution < 1.29 is 19.1 Å². The fourth-order valence-electron chi connectivity index (χ4n) is 3.80. The second-order valence-corrected chi connectivity index (χ2v) is 8.15. The average Bonchev–Trinajstić information content (AvgIpc) is 3.10. The van der Waals surface area contributed by atoms with Crippen LogP contribution >= 0.6 is 0 Å². The molecule has 2 aromatic carbocycles. The van der Waals surface area contributed by atoms with Gasteiger partial charge in [-0.2, -0.15) is 0 Å². The second kappa shape index (κ2) is 12.6. The van der Waals surface area contributed by atoms with Gasteiger partial charge >= 0.3 is 5.97 Å². The predicted molar refractivity (Wildman–Crippen MR) is 124 cm³/mol. The number of carbonyl (C=O) groups is 3. The summed E-state index contributed by atoms with van der Waals surface area (Å²) in [5, 5.41) is 2.78. The zero-order valence-corrected chi connectivity index (χ0v) is 18.6. The highest BCUT2D eigenvalue weighted by Crippen LogP contribution is 2.17. The Bertz CT molecular complexity index is 890. The zero-order valence-electron chi connectivity index (χ0n) is 18.6. The molecule has 170 valence electrons. The van der Waals surface area contributed by atoms with Gasteiger partial charge in [0.1, 0.15) is 0 Å². The molecule has 32 heavy (non-hydrogen) atoms. The molecule has 0 saturated carbocycles. The van der Waals surface area contributed by atoms with Gasteiger partial charge in [-0.25, -0.2) is 0 Å². The molecule has 1 aliphatic rings. The number of amides is 2. The zero-order chi connectivity index (χ0) is 22.6. The van der Waals surface area contributed by atoms with E-state index in [0.29, 0.717) is 17.9 Å². The van der Waals surface area contributed by atoms with Gasteiger partial charge in [0.2, 0.25) is 5.91 Å². The fourth-order valence-corrected chi connectivity index (χ4v) is 3.80. The Balaban J connectivity index is 1.38. The normalized spacial score (nSPS) is 13.8. The summed E-state index contributed by atoms with van der Waals surface area (Å²) in [5.41, 5.74) is 2.34. The van der Waals surface area contributed by atoms with Crippen molar-refractivity contribution in [3.8, 4) is 0 Å². The van der Waals surface area contributed by atoms with E-state index in [-0.39, 0.29) is 30.6 Å². The molecular formula is C26H32N2O4. The van der Waals surface area contributed by atoms with E-state index in [2.05, 4.69) is 5.32 Å². The predicted octanol–water partition coefficient (Wildman–Crippen LogP) is 4.60. The molecule has 0 atom stereocenters. The molecule has 0 aliphatic carbocycles. The van der Waals surface area contributed by atoms with Gasteiger partial charge in [-0.1, -0.05) is 49.2 Å². The third-order valence-corrected chi connectivity index (χ3v) is 5.56. The quantitative estimate of drug-likeness (QED) is 0.461. The van der Waals surface area contributed by atoms with Crippen LogP contribution in [0.4, 0.5) is 5.69 Å². The van der Waals surface area contributed by atoms with Gasteiger partial charge in [-0.3, -0.25) is 14.4 Å². The lowest BCUT2D eigenvalue weighted by atomic mass is 10.1. The molecular weight excluding hydrogens is 404 g/mol. The number of hydrogen-bond donors (Lipinski definition) is 1. The van der Waals surface area contributed by atoms with Gasteiger partial charge in [0.25, 0.3) is 5.91 Å². The highest BCUT2D eigenvalue weighted by molar-refractivity contribution is 5.97. The Hall–Kier alpha value is -3.15. The van der Waals surface area contributed by atoms with Crippen molar-refractivity contribution in [3.63, 3.8) is 0 Å². The summed E-state index contributed by atoms with van der Waals surface area (Å²) in [6.45, 7) is 1.90. The molecule has 0 unspecified atom stereocenters. The van der Waals surface area contributed by atoms with Crippen molar-refractivity contribution >= 4 is 23.5 Å². The highest BCUT2D eigenvalue weighted by Gasteiger charge is 2.18. The summed E-state index contributed by atoms with van der Waals surface area (Å²) >= 11 is 0. The van der Waals surface area contributed by atoms with Crippen LogP contribution in [0.1, 0.15) is 60.9 Å². The van der Waals surface area contributed by atoms with Gasteiger partial charge in [0, 0.05) is 30.8 Å². The van der Waals surface area contributed by atoms with E-state index in [1.807, 2.05) is 35.2 Å². The van der Waals surface area contributed by atoms with Crippen molar-refractivity contribution in [1.82, 2.24) is 4.90 Å². The van der Waals surface area contributed by atoms with E-state index in [9.17, 15) is 14.4 Å². The topological polar surface area (TPSA) is 75.7 Å². The lowest BCUT2D eigenvalue weighted by Crippen LogP contribution is -2.31. The van der Waals surface area contributed by atoms with E-state index in [1.54, 1.807) is 24.3 Å². The summed E-state index contributed by atoms with van der Waals surface area (Å²) in [4.78, 5) is 38.8. The number of esters is 1. The van der Waals surface area contributed by atoms with Gasteiger partial charge in [-0.15, -0.1) is 0 Å². The molecule has 2 aromatic rings. The number of nitrogens with zero attached hydrogens (tertiary/aromatic N) is 1. The summed E-state index contributed by atoms with van der Waals surface area (Å²) < 4.78 is 5.22. The molecule has 0 radical (unpaired) electrons. The lowest BCUT2D eigenvalue weighted by Gasteiger charge is -2.20. The summed E-state index contributed by atoms with van der Waals surface area (Å²) in [6, 6.07) is 17.0. The number of carbonyl (C=O) groups excluding carboxylic acids is 3. The smallest absolute Gasteiger partial charge is 0.306 e. The van der Waals surface area contributed by atoms with Crippen LogP contribution in [0.2, 0.25) is 0 Å². The van der Waals surface area contributed by atoms with Gasteiger partial charge in [-0.05, 0) is 49.4 Å². The number of anilines is 1. The molecule has 3 rings (SSSR count). The lowest BCUT2D eigenvalue weighted by molar-refractivity contribution is -0.144. The van der Waals surface area contributed by atoms with Crippen LogP contribution in [0.15, 0.2) is 54.6 Å². The van der Waals surface area contributed by atoms with E-state index in [1.165, 1.54) is 5.56 Å². The van der Waals surface area contributed by atoms with Crippen molar-refractivity contribution in [3.05, 3.63) is 65.7 Å². The maximum Gasteiger partial charge on any atom is 0.306 e. The minimum absolute atomic E-state index is 0.00193. The summed E-state index contributed by atoms with van der Waals surface area (Å²) in [5.74, 6) is -0.647. The van der Waals surface area contributed by atoms with Crippen LogP contribution < -0.4 is 5.32 Å². The Morgan fingerprint density at radius 3 is 2.38 bits per heavy atom. The first-order chi connectivity index (χ1) is 15.6. The molecule has 1 aliphatic heterocycles. The number of benzene rings is 2. The van der Waals surface area contributed by atoms with Crippen molar-refractivity contribution in [2.24, 2.45) is 0 Å². The second-order valence-electron chi connectivity index (χ2n) is 8.15. The van der Waals surface area contributed by atoms with Crippen LogP contribution in [0, 0.1) is 0 Å². The minimum atomic E-state index is -0.377. The van der Waals surface area contributed by atoms with E-state index < -0.39 is 0 Å². The molecule has 1 saturated heterocycles. The third-order valence-electron chi connectivity index (χ3n) is 5.56. The maximum atomic E-state index is 12.8. The maximum absolute atomic E-state index is 12.8. The first-order valence-corrected chi connectivity index (χ1v) is 11.5. The highest BCUT2D eigenvalue weighted by atomic mass is 16.5. The Morgan fingerprint density at radius 1 is 0.875 bits per heavy atom.